The average Bonchev–Trinajstić information content (AvgIpc) is 3.06. The van der Waals surface area contributed by atoms with Gasteiger partial charge in [0.05, 0.1) is 16.2 Å². The van der Waals surface area contributed by atoms with Crippen molar-refractivity contribution in [2.45, 2.75) is 38.5 Å². The quantitative estimate of drug-likeness (QED) is 0.689. The SMILES string of the molecule is O=C(NNC(=O)c1cc2c(s1)CCCCCC2)C1=CN2CCS(=O)(=O)N=C2C=C1. The molecular formula is C19H22N4O4S2. The maximum absolute atomic E-state index is 12.5. The van der Waals surface area contributed by atoms with Crippen LogP contribution in [0.1, 0.15) is 45.8 Å². The van der Waals surface area contributed by atoms with Crippen molar-refractivity contribution in [3.63, 3.8) is 0 Å². The minimum Gasteiger partial charge on any atom is -0.330 e. The van der Waals surface area contributed by atoms with Gasteiger partial charge in [0.25, 0.3) is 21.8 Å². The molecule has 0 unspecified atom stereocenters. The molecular weight excluding hydrogens is 412 g/mol. The van der Waals surface area contributed by atoms with Crippen LogP contribution >= 0.6 is 11.3 Å². The molecule has 0 atom stereocenters. The second kappa shape index (κ2) is 8.11. The molecule has 154 valence electrons. The number of amidine groups is 1. The highest BCUT2D eigenvalue weighted by Gasteiger charge is 2.25. The maximum atomic E-state index is 12.5. The van der Waals surface area contributed by atoms with Crippen molar-refractivity contribution in [2.24, 2.45) is 4.40 Å². The average molecular weight is 435 g/mol. The van der Waals surface area contributed by atoms with Gasteiger partial charge in [0, 0.05) is 17.6 Å². The van der Waals surface area contributed by atoms with Gasteiger partial charge in [-0.05, 0) is 49.5 Å². The van der Waals surface area contributed by atoms with Crippen LogP contribution in [0.2, 0.25) is 0 Å². The largest absolute Gasteiger partial charge is 0.330 e. The summed E-state index contributed by atoms with van der Waals surface area (Å²) in [5.41, 5.74) is 6.46. The third-order valence-corrected chi connectivity index (χ3v) is 7.50. The molecule has 0 spiro atoms. The Morgan fingerprint density at radius 2 is 1.79 bits per heavy atom. The van der Waals surface area contributed by atoms with E-state index in [4.69, 9.17) is 0 Å². The molecule has 1 aliphatic carbocycles. The minimum atomic E-state index is -3.44. The number of hydrogen-bond acceptors (Lipinski definition) is 6. The zero-order valence-corrected chi connectivity index (χ0v) is 17.4. The summed E-state index contributed by atoms with van der Waals surface area (Å²) in [6, 6.07) is 1.93. The number of amides is 2. The fourth-order valence-corrected chi connectivity index (χ4v) is 5.66. The van der Waals surface area contributed by atoms with Crippen LogP contribution in [0.5, 0.6) is 0 Å². The van der Waals surface area contributed by atoms with Crippen LogP contribution in [0.3, 0.4) is 0 Å². The first-order valence-electron chi connectivity index (χ1n) is 9.63. The van der Waals surface area contributed by atoms with E-state index in [0.717, 1.165) is 25.7 Å². The molecule has 2 aliphatic heterocycles. The van der Waals surface area contributed by atoms with Crippen molar-refractivity contribution >= 4 is 39.0 Å². The van der Waals surface area contributed by atoms with E-state index in [0.29, 0.717) is 10.5 Å². The first-order chi connectivity index (χ1) is 13.9. The molecule has 3 heterocycles. The molecule has 8 nitrogen and oxygen atoms in total. The lowest BCUT2D eigenvalue weighted by Crippen LogP contribution is -2.43. The zero-order chi connectivity index (χ0) is 20.4. The van der Waals surface area contributed by atoms with Gasteiger partial charge in [-0.1, -0.05) is 12.8 Å². The smallest absolute Gasteiger partial charge is 0.279 e. The Morgan fingerprint density at radius 3 is 2.62 bits per heavy atom. The van der Waals surface area contributed by atoms with E-state index in [2.05, 4.69) is 15.2 Å². The molecule has 0 bridgehead atoms. The van der Waals surface area contributed by atoms with Gasteiger partial charge in [0.1, 0.15) is 5.84 Å². The van der Waals surface area contributed by atoms with Crippen molar-refractivity contribution in [1.29, 1.82) is 0 Å². The number of fused-ring (bicyclic) bond motifs is 2. The highest BCUT2D eigenvalue weighted by atomic mass is 32.2. The van der Waals surface area contributed by atoms with Gasteiger partial charge >= 0.3 is 0 Å². The Bertz CT molecular complexity index is 1010. The molecule has 2 N–H and O–H groups in total. The number of thiophene rings is 1. The van der Waals surface area contributed by atoms with Gasteiger partial charge in [-0.25, -0.2) is 8.42 Å². The van der Waals surface area contributed by atoms with Crippen molar-refractivity contribution in [1.82, 2.24) is 15.8 Å². The van der Waals surface area contributed by atoms with Gasteiger partial charge in [0.2, 0.25) is 0 Å². The summed E-state index contributed by atoms with van der Waals surface area (Å²) in [7, 11) is -3.44. The molecule has 0 radical (unpaired) electrons. The van der Waals surface area contributed by atoms with E-state index in [9.17, 15) is 18.0 Å². The predicted octanol–water partition coefficient (Wildman–Crippen LogP) is 1.67. The molecule has 4 rings (SSSR count). The Labute approximate surface area is 173 Å². The number of aryl methyl sites for hydroxylation is 2. The Balaban J connectivity index is 1.38. The molecule has 2 amide bonds. The van der Waals surface area contributed by atoms with Crippen LogP contribution in [0.4, 0.5) is 0 Å². The molecule has 29 heavy (non-hydrogen) atoms. The Kier molecular flexibility index (Phi) is 5.55. The standard InChI is InChI=1S/C19H22N4O4S2/c24-18(14-7-8-17-22-29(26,27)10-9-23(17)12-14)20-21-19(25)16-11-13-5-3-1-2-4-6-15(13)28-16/h7-8,11-12H,1-6,9-10H2,(H,20,24)(H,21,25). The molecule has 0 fully saturated rings. The second-order valence-corrected chi connectivity index (χ2v) is 10.1. The summed E-state index contributed by atoms with van der Waals surface area (Å²) in [4.78, 5) is 28.3. The Morgan fingerprint density at radius 1 is 1.03 bits per heavy atom. The summed E-state index contributed by atoms with van der Waals surface area (Å²) in [6.07, 6.45) is 11.2. The second-order valence-electron chi connectivity index (χ2n) is 7.23. The van der Waals surface area contributed by atoms with E-state index in [1.165, 1.54) is 53.0 Å². The van der Waals surface area contributed by atoms with E-state index >= 15 is 0 Å². The summed E-state index contributed by atoms with van der Waals surface area (Å²) in [5, 5.41) is 0. The van der Waals surface area contributed by atoms with E-state index in [1.54, 1.807) is 4.90 Å². The number of rotatable bonds is 2. The summed E-state index contributed by atoms with van der Waals surface area (Å²) in [5.74, 6) is -0.623. The van der Waals surface area contributed by atoms with Gasteiger partial charge < -0.3 is 4.90 Å². The van der Waals surface area contributed by atoms with Crippen molar-refractivity contribution < 1.29 is 18.0 Å². The van der Waals surface area contributed by atoms with Crippen LogP contribution in [-0.2, 0) is 27.7 Å². The molecule has 0 aromatic carbocycles. The summed E-state index contributed by atoms with van der Waals surface area (Å²) >= 11 is 1.50. The fraction of sp³-hybridized carbons (Fsp3) is 0.421. The van der Waals surface area contributed by atoms with E-state index in [1.807, 2.05) is 6.07 Å². The molecule has 0 saturated heterocycles. The van der Waals surface area contributed by atoms with Crippen LogP contribution < -0.4 is 10.9 Å². The highest BCUT2D eigenvalue weighted by Crippen LogP contribution is 2.28. The lowest BCUT2D eigenvalue weighted by Gasteiger charge is -2.26. The van der Waals surface area contributed by atoms with Crippen molar-refractivity contribution in [2.75, 3.05) is 12.3 Å². The normalized spacial score (nSPS) is 20.3. The van der Waals surface area contributed by atoms with Crippen LogP contribution in [0.15, 0.2) is 34.4 Å². The number of carbonyl (C=O) groups is 2. The minimum absolute atomic E-state index is 0.102. The third kappa shape index (κ3) is 4.59. The summed E-state index contributed by atoms with van der Waals surface area (Å²) in [6.45, 7) is 0.232. The van der Waals surface area contributed by atoms with Gasteiger partial charge in [-0.15, -0.1) is 15.7 Å². The first kappa shape index (κ1) is 19.8. The summed E-state index contributed by atoms with van der Waals surface area (Å²) < 4.78 is 26.8. The third-order valence-electron chi connectivity index (χ3n) is 5.10. The number of nitrogens with zero attached hydrogens (tertiary/aromatic N) is 2. The van der Waals surface area contributed by atoms with Gasteiger partial charge in [-0.3, -0.25) is 20.4 Å². The Hall–Kier alpha value is -2.46. The molecule has 10 heteroatoms. The topological polar surface area (TPSA) is 108 Å². The lowest BCUT2D eigenvalue weighted by molar-refractivity contribution is -0.118. The molecule has 1 aromatic rings. The van der Waals surface area contributed by atoms with Crippen molar-refractivity contribution in [3.05, 3.63) is 45.3 Å². The van der Waals surface area contributed by atoms with Gasteiger partial charge in [-0.2, -0.15) is 0 Å². The zero-order valence-electron chi connectivity index (χ0n) is 15.8. The lowest BCUT2D eigenvalue weighted by atomic mass is 10.00. The van der Waals surface area contributed by atoms with E-state index in [-0.39, 0.29) is 24.0 Å². The van der Waals surface area contributed by atoms with Crippen LogP contribution in [0.25, 0.3) is 0 Å². The monoisotopic (exact) mass is 434 g/mol. The number of hydrazine groups is 1. The number of nitrogens with one attached hydrogen (secondary N) is 2. The fourth-order valence-electron chi connectivity index (χ4n) is 3.54. The highest BCUT2D eigenvalue weighted by molar-refractivity contribution is 7.90. The predicted molar refractivity (Wildman–Crippen MR) is 111 cm³/mol. The van der Waals surface area contributed by atoms with Crippen LogP contribution in [-0.4, -0.2) is 43.3 Å². The maximum Gasteiger partial charge on any atom is 0.279 e. The van der Waals surface area contributed by atoms with Gasteiger partial charge in [0.15, 0.2) is 0 Å². The van der Waals surface area contributed by atoms with Crippen molar-refractivity contribution in [3.8, 4) is 0 Å². The first-order valence-corrected chi connectivity index (χ1v) is 12.1. The van der Waals surface area contributed by atoms with Crippen LogP contribution in [0, 0.1) is 0 Å². The molecule has 1 aromatic heterocycles. The molecule has 3 aliphatic rings. The number of sulfonamides is 1. The number of hydrogen-bond donors (Lipinski definition) is 2. The van der Waals surface area contributed by atoms with E-state index < -0.39 is 15.9 Å². The molecule has 0 saturated carbocycles. The number of carbonyl (C=O) groups excluding carboxylic acids is 2.